The van der Waals surface area contributed by atoms with E-state index in [-0.39, 0.29) is 68.6 Å². The fourth-order valence-electron chi connectivity index (χ4n) is 5.42. The highest BCUT2D eigenvalue weighted by molar-refractivity contribution is 5.36. The van der Waals surface area contributed by atoms with E-state index in [9.17, 15) is 39.5 Å². The van der Waals surface area contributed by atoms with Crippen LogP contribution < -0.4 is 14.2 Å². The lowest BCUT2D eigenvalue weighted by Crippen LogP contribution is -2.47. The van der Waals surface area contributed by atoms with E-state index in [1.807, 2.05) is 0 Å². The highest BCUT2D eigenvalue weighted by atomic mass is 19.3. The Morgan fingerprint density at radius 3 is 1.93 bits per heavy atom. The zero-order valence-electron chi connectivity index (χ0n) is 24.3. The third kappa shape index (κ3) is 9.21. The number of benzene rings is 2. The monoisotopic (exact) mass is 656 g/mol. The molecule has 1 aliphatic carbocycles. The number of hydrogen-bond acceptors (Lipinski definition) is 5. The van der Waals surface area contributed by atoms with Crippen LogP contribution >= 0.6 is 0 Å². The van der Waals surface area contributed by atoms with Crippen molar-refractivity contribution in [2.45, 2.75) is 82.7 Å². The molecule has 1 saturated carbocycles. The zero-order chi connectivity index (χ0) is 32.8. The van der Waals surface area contributed by atoms with Crippen molar-refractivity contribution < 1.29 is 63.2 Å². The van der Waals surface area contributed by atoms with Crippen LogP contribution in [0.2, 0.25) is 0 Å². The van der Waals surface area contributed by atoms with Crippen LogP contribution in [0.3, 0.4) is 0 Å². The summed E-state index contributed by atoms with van der Waals surface area (Å²) in [4.78, 5) is 0. The van der Waals surface area contributed by atoms with Gasteiger partial charge in [0.15, 0.2) is 11.6 Å². The Bertz CT molecular complexity index is 1260. The number of halogens is 9. The molecule has 0 unspecified atom stereocenters. The number of ether oxygens (including phenoxy) is 5. The normalized spacial score (nSPS) is 22.5. The van der Waals surface area contributed by atoms with Gasteiger partial charge >= 0.3 is 24.3 Å². The van der Waals surface area contributed by atoms with E-state index >= 15 is 0 Å². The second-order valence-electron chi connectivity index (χ2n) is 11.2. The van der Waals surface area contributed by atoms with Crippen molar-refractivity contribution >= 4 is 0 Å². The van der Waals surface area contributed by atoms with Crippen LogP contribution in [0.1, 0.15) is 69.8 Å². The first-order chi connectivity index (χ1) is 21.3. The molecular formula is C31H33F9O5. The largest absolute Gasteiger partial charge is 0.451 e. The molecule has 14 heteroatoms. The first-order valence-corrected chi connectivity index (χ1v) is 14.6. The van der Waals surface area contributed by atoms with Gasteiger partial charge in [-0.05, 0) is 55.7 Å². The smallest absolute Gasteiger partial charge is 0.432 e. The molecule has 45 heavy (non-hydrogen) atoms. The average molecular weight is 657 g/mol. The van der Waals surface area contributed by atoms with Crippen LogP contribution in [0.5, 0.6) is 17.2 Å². The molecule has 5 nitrogen and oxygen atoms in total. The Hall–Kier alpha value is -3.13. The Labute approximate surface area is 254 Å². The van der Waals surface area contributed by atoms with Crippen LogP contribution in [0.15, 0.2) is 48.5 Å². The SMILES string of the molecule is CCCCCC1COC(C(F)(F)Oc2ccc(C3CCC(C(F)(F)Oc4cc(F)c(OC(F)=C(F)F)c(F)c4)CC3)cc2)OC1. The molecule has 2 fully saturated rings. The van der Waals surface area contributed by atoms with Crippen LogP contribution in [0.4, 0.5) is 39.5 Å². The lowest BCUT2D eigenvalue weighted by atomic mass is 9.78. The zero-order valence-corrected chi connectivity index (χ0v) is 24.3. The molecule has 0 aromatic heterocycles. The molecule has 2 aromatic rings. The summed E-state index contributed by atoms with van der Waals surface area (Å²) in [5.74, 6) is -7.52. The molecule has 0 atom stereocenters. The Kier molecular flexibility index (Phi) is 11.6. The molecule has 250 valence electrons. The van der Waals surface area contributed by atoms with E-state index in [1.54, 1.807) is 12.1 Å². The van der Waals surface area contributed by atoms with Gasteiger partial charge in [-0.1, -0.05) is 38.3 Å². The molecule has 2 aromatic carbocycles. The van der Waals surface area contributed by atoms with Crippen molar-refractivity contribution in [3.63, 3.8) is 0 Å². The summed E-state index contributed by atoms with van der Waals surface area (Å²) in [6, 6.07) is 3.84. The standard InChI is InChI=1S/C31H33F9O5/c1-2-3-4-5-18-16-41-29(42-17-18)31(39,40)44-22-12-8-20(9-13-22)19-6-10-21(11-7-19)30(37,38)45-23-14-24(32)26(25(33)15-23)43-28(36)27(34)35/h8-9,12-15,18-19,21,29H,2-7,10-11,16-17H2,1H3. The Morgan fingerprint density at radius 1 is 0.800 bits per heavy atom. The van der Waals surface area contributed by atoms with E-state index in [1.165, 1.54) is 12.1 Å². The first-order valence-electron chi connectivity index (χ1n) is 14.6. The second kappa shape index (κ2) is 15.0. The molecular weight excluding hydrogens is 623 g/mol. The molecule has 1 saturated heterocycles. The summed E-state index contributed by atoms with van der Waals surface area (Å²) >= 11 is 0. The van der Waals surface area contributed by atoms with Gasteiger partial charge in [0, 0.05) is 18.1 Å². The maximum Gasteiger partial charge on any atom is 0.451 e. The van der Waals surface area contributed by atoms with Gasteiger partial charge in [-0.25, -0.2) is 8.78 Å². The van der Waals surface area contributed by atoms with Gasteiger partial charge in [0.25, 0.3) is 6.29 Å². The van der Waals surface area contributed by atoms with Gasteiger partial charge < -0.3 is 23.7 Å². The first kappa shape index (κ1) is 34.7. The maximum absolute atomic E-state index is 14.9. The van der Waals surface area contributed by atoms with Crippen molar-refractivity contribution in [1.29, 1.82) is 0 Å². The molecule has 0 radical (unpaired) electrons. The van der Waals surface area contributed by atoms with Crippen molar-refractivity contribution in [2.24, 2.45) is 11.8 Å². The Morgan fingerprint density at radius 2 is 1.38 bits per heavy atom. The van der Waals surface area contributed by atoms with Crippen molar-refractivity contribution in [3.05, 3.63) is 65.7 Å². The van der Waals surface area contributed by atoms with Gasteiger partial charge in [-0.3, -0.25) is 0 Å². The highest BCUT2D eigenvalue weighted by Gasteiger charge is 2.47. The van der Waals surface area contributed by atoms with E-state index < -0.39 is 59.7 Å². The van der Waals surface area contributed by atoms with Gasteiger partial charge in [0.2, 0.25) is 5.75 Å². The molecule has 1 aliphatic heterocycles. The topological polar surface area (TPSA) is 46.2 Å². The minimum Gasteiger partial charge on any atom is -0.432 e. The minimum atomic E-state index is -3.86. The fraction of sp³-hybridized carbons (Fsp3) is 0.548. The molecule has 1 heterocycles. The summed E-state index contributed by atoms with van der Waals surface area (Å²) in [7, 11) is 0. The number of alkyl halides is 4. The highest BCUT2D eigenvalue weighted by Crippen LogP contribution is 2.44. The summed E-state index contributed by atoms with van der Waals surface area (Å²) in [6.45, 7) is 2.37. The van der Waals surface area contributed by atoms with Crippen LogP contribution in [-0.4, -0.2) is 31.7 Å². The third-order valence-corrected chi connectivity index (χ3v) is 7.83. The van der Waals surface area contributed by atoms with Gasteiger partial charge in [-0.15, -0.1) is 0 Å². The lowest BCUT2D eigenvalue weighted by Gasteiger charge is -2.34. The van der Waals surface area contributed by atoms with Crippen molar-refractivity contribution in [1.82, 2.24) is 0 Å². The predicted molar refractivity (Wildman–Crippen MR) is 143 cm³/mol. The number of hydrogen-bond donors (Lipinski definition) is 0. The van der Waals surface area contributed by atoms with Crippen molar-refractivity contribution in [2.75, 3.05) is 13.2 Å². The maximum atomic E-state index is 14.9. The molecule has 0 N–H and O–H groups in total. The van der Waals surface area contributed by atoms with Crippen molar-refractivity contribution in [3.8, 4) is 17.2 Å². The van der Waals surface area contributed by atoms with E-state index in [0.717, 1.165) is 31.2 Å². The lowest BCUT2D eigenvalue weighted by molar-refractivity contribution is -0.352. The van der Waals surface area contributed by atoms with Gasteiger partial charge in [-0.2, -0.15) is 30.7 Å². The summed E-state index contributed by atoms with van der Waals surface area (Å²) < 4.78 is 148. The molecule has 0 spiro atoms. The molecule has 0 bridgehead atoms. The third-order valence-electron chi connectivity index (χ3n) is 7.83. The number of unbranched alkanes of at least 4 members (excludes halogenated alkanes) is 2. The fourth-order valence-corrected chi connectivity index (χ4v) is 5.42. The van der Waals surface area contributed by atoms with E-state index in [2.05, 4.69) is 16.4 Å². The van der Waals surface area contributed by atoms with Gasteiger partial charge in [0.1, 0.15) is 11.5 Å². The summed E-state index contributed by atoms with van der Waals surface area (Å²) in [5, 5.41) is 0. The molecule has 2 aliphatic rings. The minimum absolute atomic E-state index is 0.0400. The van der Waals surface area contributed by atoms with E-state index in [0.29, 0.717) is 0 Å². The average Bonchev–Trinajstić information content (AvgIpc) is 2.99. The number of rotatable bonds is 13. The van der Waals surface area contributed by atoms with Gasteiger partial charge in [0.05, 0.1) is 19.1 Å². The van der Waals surface area contributed by atoms with E-state index in [4.69, 9.17) is 14.2 Å². The summed E-state index contributed by atoms with van der Waals surface area (Å²) in [6.07, 6.45) is -8.02. The summed E-state index contributed by atoms with van der Waals surface area (Å²) in [5.41, 5.74) is 0.721. The molecule has 4 rings (SSSR count). The quantitative estimate of drug-likeness (QED) is 0.122. The van der Waals surface area contributed by atoms with Crippen LogP contribution in [-0.2, 0) is 9.47 Å². The molecule has 0 amide bonds. The second-order valence-corrected chi connectivity index (χ2v) is 11.2. The Balaban J connectivity index is 1.28. The van der Waals surface area contributed by atoms with Crippen LogP contribution in [0, 0.1) is 23.5 Å². The van der Waals surface area contributed by atoms with Crippen LogP contribution in [0.25, 0.3) is 0 Å². The predicted octanol–water partition coefficient (Wildman–Crippen LogP) is 9.87.